The number of hydrogen-bond donors (Lipinski definition) is 9. The van der Waals surface area contributed by atoms with E-state index in [0.717, 1.165) is 12.0 Å². The van der Waals surface area contributed by atoms with Crippen LogP contribution in [0.2, 0.25) is 0 Å². The maximum Gasteiger partial charge on any atom is 0.397 e. The zero-order chi connectivity index (χ0) is 42.7. The lowest BCUT2D eigenvalue weighted by atomic mass is 9.41. The SMILES string of the molecule is CO[C@H]1[C@H](O[C@H]2[C@H](OC/C=C(\CC[C@@H](C)[C@H]3C[C@@H](O)[C@@H]4[C@]3(C)CC[C@H]3[C@@]4(O)CC(OS(=O)(=O)O)C4[C@@H](O)[C@@H](O)CC[C@@]43C)C(C)C)OC[C@@H](O)[C@@H]2O)OC[C@@H](O)[C@@H]1O. The molecule has 20 atom stereocenters. The molecular formula is C40H68O17S. The van der Waals surface area contributed by atoms with E-state index in [-0.39, 0.29) is 50.4 Å². The lowest BCUT2D eigenvalue weighted by molar-refractivity contribution is -0.344. The van der Waals surface area contributed by atoms with Gasteiger partial charge in [-0.1, -0.05) is 46.3 Å². The molecule has 6 fully saturated rings. The molecule has 9 N–H and O–H groups in total. The van der Waals surface area contributed by atoms with Crippen molar-refractivity contribution >= 4 is 10.4 Å². The molecule has 0 radical (unpaired) electrons. The topological polar surface area (TPSA) is 272 Å². The van der Waals surface area contributed by atoms with Crippen LogP contribution in [-0.2, 0) is 38.3 Å². The van der Waals surface area contributed by atoms with Gasteiger partial charge in [0.15, 0.2) is 12.6 Å². The second kappa shape index (κ2) is 17.7. The first kappa shape index (κ1) is 46.6. The smallest absolute Gasteiger partial charge is 0.393 e. The minimum Gasteiger partial charge on any atom is -0.393 e. The third kappa shape index (κ3) is 8.70. The molecule has 2 aliphatic heterocycles. The van der Waals surface area contributed by atoms with Crippen molar-refractivity contribution in [1.29, 1.82) is 0 Å². The first-order valence-corrected chi connectivity index (χ1v) is 22.3. The lowest BCUT2D eigenvalue weighted by Crippen LogP contribution is -2.71. The standard InChI is InChI=1S/C40H68O17S/c1-19(2)21(11-14-53-36-34(32(47)26(44)17-54-36)56-37-33(52-6)31(46)25(43)18-55-37)8-7-20(3)22-15-24(42)35-38(22,4)13-10-28-39(5)12-9-23(41)30(45)29(39)27(16-40(28,35)48)57-58(49,50)51/h11,19-20,22-37,41-48H,7-10,12-18H2,1-6H3,(H,49,50,51)/b21-11+/t20-,22-,23+,24-,25-,26-,27?,28-,29?,30+,31+,32+,33-,34-,35-,36-,37+,38-,39-,40+/m1/s1. The number of rotatable bonds is 13. The van der Waals surface area contributed by atoms with Gasteiger partial charge < -0.3 is 64.5 Å². The molecule has 18 heteroatoms. The van der Waals surface area contributed by atoms with Crippen LogP contribution in [0.25, 0.3) is 0 Å². The van der Waals surface area contributed by atoms with E-state index in [9.17, 15) is 53.8 Å². The molecule has 0 aromatic carbocycles. The van der Waals surface area contributed by atoms with E-state index in [1.165, 1.54) is 7.11 Å². The molecule has 2 saturated heterocycles. The monoisotopic (exact) mass is 852 g/mol. The van der Waals surface area contributed by atoms with Crippen molar-refractivity contribution < 1.29 is 81.7 Å². The molecule has 4 saturated carbocycles. The zero-order valence-corrected chi connectivity index (χ0v) is 35.3. The first-order chi connectivity index (χ1) is 27.1. The van der Waals surface area contributed by atoms with E-state index >= 15 is 0 Å². The number of fused-ring (bicyclic) bond motifs is 5. The highest BCUT2D eigenvalue weighted by atomic mass is 32.3. The molecule has 4 aliphatic carbocycles. The van der Waals surface area contributed by atoms with E-state index in [1.54, 1.807) is 0 Å². The second-order valence-electron chi connectivity index (χ2n) is 19.0. The quantitative estimate of drug-likeness (QED) is 0.0898. The van der Waals surface area contributed by atoms with Crippen LogP contribution >= 0.6 is 0 Å². The van der Waals surface area contributed by atoms with E-state index in [1.807, 2.05) is 13.0 Å². The Morgan fingerprint density at radius 3 is 2.09 bits per heavy atom. The van der Waals surface area contributed by atoms with Gasteiger partial charge in [-0.2, -0.15) is 8.42 Å². The van der Waals surface area contributed by atoms with Crippen LogP contribution in [0.5, 0.6) is 0 Å². The number of ether oxygens (including phenoxy) is 5. The van der Waals surface area contributed by atoms with Crippen molar-refractivity contribution in [2.45, 2.75) is 165 Å². The molecular weight excluding hydrogens is 784 g/mol. The average Bonchev–Trinajstić information content (AvgIpc) is 3.42. The van der Waals surface area contributed by atoms with E-state index in [0.29, 0.717) is 32.1 Å². The van der Waals surface area contributed by atoms with Crippen LogP contribution in [0, 0.1) is 46.3 Å². The predicted molar refractivity (Wildman–Crippen MR) is 204 cm³/mol. The molecule has 0 amide bonds. The fourth-order valence-corrected chi connectivity index (χ4v) is 13.0. The van der Waals surface area contributed by atoms with Crippen molar-refractivity contribution in [1.82, 2.24) is 0 Å². The highest BCUT2D eigenvalue weighted by Gasteiger charge is 2.72. The number of aliphatic hydroxyl groups is 8. The summed E-state index contributed by atoms with van der Waals surface area (Å²) in [7, 11) is -3.65. The van der Waals surface area contributed by atoms with E-state index in [2.05, 4.69) is 27.7 Å². The van der Waals surface area contributed by atoms with Gasteiger partial charge >= 0.3 is 10.4 Å². The third-order valence-corrected chi connectivity index (χ3v) is 15.9. The van der Waals surface area contributed by atoms with Crippen molar-refractivity contribution in [3.8, 4) is 0 Å². The van der Waals surface area contributed by atoms with Crippen LogP contribution in [-0.4, -0.2) is 160 Å². The third-order valence-electron chi connectivity index (χ3n) is 15.4. The van der Waals surface area contributed by atoms with Crippen molar-refractivity contribution in [3.63, 3.8) is 0 Å². The molecule has 6 aliphatic rings. The number of aliphatic hydroxyl groups excluding tert-OH is 7. The van der Waals surface area contributed by atoms with Crippen molar-refractivity contribution in [2.24, 2.45) is 46.3 Å². The Labute approximate surface area is 341 Å². The summed E-state index contributed by atoms with van der Waals surface area (Å²) in [4.78, 5) is 0. The molecule has 0 bridgehead atoms. The van der Waals surface area contributed by atoms with Gasteiger partial charge in [0.05, 0.1) is 49.8 Å². The highest BCUT2D eigenvalue weighted by Crippen LogP contribution is 2.70. The van der Waals surface area contributed by atoms with Gasteiger partial charge in [-0.15, -0.1) is 0 Å². The van der Waals surface area contributed by atoms with Crippen LogP contribution in [0.1, 0.15) is 86.0 Å². The number of allylic oxidation sites excluding steroid dienone is 1. The van der Waals surface area contributed by atoms with Gasteiger partial charge in [0, 0.05) is 25.4 Å². The van der Waals surface area contributed by atoms with Gasteiger partial charge in [0.2, 0.25) is 0 Å². The minimum atomic E-state index is -4.98. The second-order valence-corrected chi connectivity index (χ2v) is 20.0. The fourth-order valence-electron chi connectivity index (χ4n) is 12.5. The van der Waals surface area contributed by atoms with Crippen LogP contribution in [0.4, 0.5) is 0 Å². The largest absolute Gasteiger partial charge is 0.397 e. The van der Waals surface area contributed by atoms with Crippen molar-refractivity contribution in [2.75, 3.05) is 26.9 Å². The summed E-state index contributed by atoms with van der Waals surface area (Å²) >= 11 is 0. The molecule has 2 heterocycles. The molecule has 2 unspecified atom stereocenters. The molecule has 0 aromatic heterocycles. The summed E-state index contributed by atoms with van der Waals surface area (Å²) in [5.74, 6) is -1.65. The van der Waals surface area contributed by atoms with Gasteiger partial charge in [-0.25, -0.2) is 4.18 Å². The maximum absolute atomic E-state index is 12.8. The number of methoxy groups -OCH3 is 1. The summed E-state index contributed by atoms with van der Waals surface area (Å²) in [6, 6.07) is 0. The summed E-state index contributed by atoms with van der Waals surface area (Å²) in [6.07, 6.45) is -8.79. The zero-order valence-electron chi connectivity index (χ0n) is 34.4. The lowest BCUT2D eigenvalue weighted by Gasteiger charge is -2.66. The fraction of sp³-hybridized carbons (Fsp3) is 0.950. The maximum atomic E-state index is 12.8. The Kier molecular flexibility index (Phi) is 14.2. The first-order valence-electron chi connectivity index (χ1n) is 20.9. The Bertz CT molecular complexity index is 1550. The summed E-state index contributed by atoms with van der Waals surface area (Å²) in [5.41, 5.74) is -1.82. The molecule has 17 nitrogen and oxygen atoms in total. The van der Waals surface area contributed by atoms with Crippen molar-refractivity contribution in [3.05, 3.63) is 11.6 Å². The Morgan fingerprint density at radius 1 is 0.845 bits per heavy atom. The van der Waals surface area contributed by atoms with Crippen LogP contribution < -0.4 is 0 Å². The molecule has 0 spiro atoms. The van der Waals surface area contributed by atoms with Gasteiger partial charge in [-0.05, 0) is 79.4 Å². The highest BCUT2D eigenvalue weighted by molar-refractivity contribution is 7.80. The average molecular weight is 853 g/mol. The van der Waals surface area contributed by atoms with Gasteiger partial charge in [0.1, 0.15) is 36.6 Å². The van der Waals surface area contributed by atoms with Crippen LogP contribution in [0.3, 0.4) is 0 Å². The van der Waals surface area contributed by atoms with E-state index < -0.39 is 118 Å². The molecule has 6 rings (SSSR count). The number of hydrogen-bond acceptors (Lipinski definition) is 16. The normalized spacial score (nSPS) is 49.3. The molecule has 336 valence electrons. The van der Waals surface area contributed by atoms with E-state index in [4.69, 9.17) is 27.9 Å². The van der Waals surface area contributed by atoms with Gasteiger partial charge in [-0.3, -0.25) is 4.55 Å². The summed E-state index contributed by atoms with van der Waals surface area (Å²) in [6.45, 7) is 9.95. The Balaban J connectivity index is 1.13. The summed E-state index contributed by atoms with van der Waals surface area (Å²) in [5, 5.41) is 88.1. The minimum absolute atomic E-state index is 0.00593. The summed E-state index contributed by atoms with van der Waals surface area (Å²) < 4.78 is 67.7. The molecule has 0 aromatic rings. The van der Waals surface area contributed by atoms with Crippen LogP contribution in [0.15, 0.2) is 11.6 Å². The Hall–Kier alpha value is -0.910. The molecule has 58 heavy (non-hydrogen) atoms. The Morgan fingerprint density at radius 2 is 1.47 bits per heavy atom. The predicted octanol–water partition coefficient (Wildman–Crippen LogP) is 0.432. The van der Waals surface area contributed by atoms with Gasteiger partial charge in [0.25, 0.3) is 0 Å².